The Morgan fingerprint density at radius 2 is 1.81 bits per heavy atom. The molecule has 1 fully saturated rings. The normalized spacial score (nSPS) is 15.0. The highest BCUT2D eigenvalue weighted by Gasteiger charge is 2.15. The molecule has 110 valence electrons. The third kappa shape index (κ3) is 3.67. The van der Waals surface area contributed by atoms with E-state index >= 15 is 0 Å². The Bertz CT molecular complexity index is 585. The molecule has 21 heavy (non-hydrogen) atoms. The van der Waals surface area contributed by atoms with Gasteiger partial charge < -0.3 is 9.62 Å². The van der Waals surface area contributed by atoms with Crippen molar-refractivity contribution in [2.45, 2.75) is 24.2 Å². The Morgan fingerprint density at radius 3 is 2.57 bits per heavy atom. The van der Waals surface area contributed by atoms with Gasteiger partial charge in [-0.3, -0.25) is 4.98 Å². The average Bonchev–Trinajstić information content (AvgIpc) is 2.55. The first-order chi connectivity index (χ1) is 10.3. The third-order valence-corrected chi connectivity index (χ3v) is 4.41. The Balaban J connectivity index is 1.77. The maximum atomic E-state index is 13.6. The van der Waals surface area contributed by atoms with Gasteiger partial charge in [-0.15, -0.1) is 0 Å². The van der Waals surface area contributed by atoms with Gasteiger partial charge in [0.15, 0.2) is 0 Å². The molecule has 1 N–H and O–H groups in total. The van der Waals surface area contributed by atoms with E-state index in [1.165, 1.54) is 37.3 Å². The standard InChI is InChI=1S/C16H18FN3S/c17-13-4-5-16(20-10-2-1-3-11-20)15(12-13)19-21-14-6-8-18-9-7-14/h4-9,12,19H,1-3,10-11H2. The van der Waals surface area contributed by atoms with E-state index in [2.05, 4.69) is 14.6 Å². The van der Waals surface area contributed by atoms with Crippen molar-refractivity contribution in [1.82, 2.24) is 4.98 Å². The third-order valence-electron chi connectivity index (χ3n) is 3.58. The van der Waals surface area contributed by atoms with Gasteiger partial charge in [0.1, 0.15) is 5.82 Å². The SMILES string of the molecule is Fc1ccc(N2CCCCC2)c(NSc2ccncc2)c1. The van der Waals surface area contributed by atoms with Crippen LogP contribution in [0.3, 0.4) is 0 Å². The van der Waals surface area contributed by atoms with Crippen molar-refractivity contribution in [2.75, 3.05) is 22.7 Å². The molecule has 0 amide bonds. The fraction of sp³-hybridized carbons (Fsp3) is 0.312. The van der Waals surface area contributed by atoms with Crippen LogP contribution in [0, 0.1) is 5.82 Å². The van der Waals surface area contributed by atoms with Crippen LogP contribution < -0.4 is 9.62 Å². The summed E-state index contributed by atoms with van der Waals surface area (Å²) in [6.45, 7) is 2.08. The minimum atomic E-state index is -0.214. The first-order valence-electron chi connectivity index (χ1n) is 7.20. The van der Waals surface area contributed by atoms with Crippen molar-refractivity contribution in [2.24, 2.45) is 0 Å². The summed E-state index contributed by atoms with van der Waals surface area (Å²) in [7, 11) is 0. The number of pyridine rings is 1. The molecule has 0 aliphatic carbocycles. The molecule has 0 atom stereocenters. The van der Waals surface area contributed by atoms with Gasteiger partial charge in [-0.25, -0.2) is 4.39 Å². The number of nitrogens with zero attached hydrogens (tertiary/aromatic N) is 2. The molecule has 1 aromatic carbocycles. The van der Waals surface area contributed by atoms with Gasteiger partial charge in [-0.05, 0) is 61.5 Å². The average molecular weight is 303 g/mol. The zero-order valence-corrected chi connectivity index (χ0v) is 12.6. The molecule has 3 nitrogen and oxygen atoms in total. The number of benzene rings is 1. The molecular formula is C16H18FN3S. The number of anilines is 2. The van der Waals surface area contributed by atoms with Crippen LogP contribution in [-0.4, -0.2) is 18.1 Å². The molecular weight excluding hydrogens is 285 g/mol. The Kier molecular flexibility index (Phi) is 4.60. The molecule has 1 saturated heterocycles. The lowest BCUT2D eigenvalue weighted by Crippen LogP contribution is -2.29. The smallest absolute Gasteiger partial charge is 0.125 e. The topological polar surface area (TPSA) is 28.2 Å². The van der Waals surface area contributed by atoms with Crippen LogP contribution >= 0.6 is 11.9 Å². The molecule has 1 aromatic heterocycles. The second-order valence-corrected chi connectivity index (χ2v) is 5.98. The lowest BCUT2D eigenvalue weighted by Gasteiger charge is -2.30. The summed E-state index contributed by atoms with van der Waals surface area (Å²) in [5, 5.41) is 0. The predicted octanol–water partition coefficient (Wildman–Crippen LogP) is 4.33. The summed E-state index contributed by atoms with van der Waals surface area (Å²) < 4.78 is 16.8. The second-order valence-electron chi connectivity index (χ2n) is 5.10. The number of nitrogens with one attached hydrogen (secondary N) is 1. The van der Waals surface area contributed by atoms with Gasteiger partial charge in [0, 0.05) is 30.4 Å². The molecule has 0 saturated carbocycles. The van der Waals surface area contributed by atoms with Crippen LogP contribution in [0.1, 0.15) is 19.3 Å². The van der Waals surface area contributed by atoms with Crippen LogP contribution in [0.2, 0.25) is 0 Å². The van der Waals surface area contributed by atoms with Crippen molar-refractivity contribution in [3.05, 3.63) is 48.5 Å². The van der Waals surface area contributed by atoms with E-state index in [0.717, 1.165) is 29.4 Å². The van der Waals surface area contributed by atoms with E-state index in [4.69, 9.17) is 0 Å². The second kappa shape index (κ2) is 6.80. The van der Waals surface area contributed by atoms with Crippen LogP contribution in [0.4, 0.5) is 15.8 Å². The fourth-order valence-electron chi connectivity index (χ4n) is 2.52. The lowest BCUT2D eigenvalue weighted by atomic mass is 10.1. The van der Waals surface area contributed by atoms with E-state index < -0.39 is 0 Å². The minimum absolute atomic E-state index is 0.214. The van der Waals surface area contributed by atoms with E-state index in [-0.39, 0.29) is 5.82 Å². The first-order valence-corrected chi connectivity index (χ1v) is 8.02. The Hall–Kier alpha value is -1.75. The highest BCUT2D eigenvalue weighted by atomic mass is 32.2. The zero-order chi connectivity index (χ0) is 14.5. The van der Waals surface area contributed by atoms with Crippen molar-refractivity contribution < 1.29 is 4.39 Å². The highest BCUT2D eigenvalue weighted by Crippen LogP contribution is 2.32. The van der Waals surface area contributed by atoms with Crippen LogP contribution in [0.5, 0.6) is 0 Å². The van der Waals surface area contributed by atoms with Crippen LogP contribution in [-0.2, 0) is 0 Å². The quantitative estimate of drug-likeness (QED) is 0.851. The maximum absolute atomic E-state index is 13.6. The molecule has 2 heterocycles. The molecule has 0 bridgehead atoms. The highest BCUT2D eigenvalue weighted by molar-refractivity contribution is 8.00. The summed E-state index contributed by atoms with van der Waals surface area (Å²) >= 11 is 1.48. The molecule has 0 radical (unpaired) electrons. The number of halogens is 1. The molecule has 1 aliphatic rings. The van der Waals surface area contributed by atoms with Gasteiger partial charge in [-0.1, -0.05) is 0 Å². The Morgan fingerprint density at radius 1 is 1.05 bits per heavy atom. The van der Waals surface area contributed by atoms with E-state index in [1.807, 2.05) is 18.2 Å². The molecule has 0 unspecified atom stereocenters. The monoisotopic (exact) mass is 303 g/mol. The number of aromatic nitrogens is 1. The summed E-state index contributed by atoms with van der Waals surface area (Å²) in [5.74, 6) is -0.214. The van der Waals surface area contributed by atoms with E-state index in [0.29, 0.717) is 0 Å². The van der Waals surface area contributed by atoms with Gasteiger partial charge >= 0.3 is 0 Å². The van der Waals surface area contributed by atoms with Crippen LogP contribution in [0.15, 0.2) is 47.6 Å². The summed E-state index contributed by atoms with van der Waals surface area (Å²) in [6.07, 6.45) is 7.19. The molecule has 2 aromatic rings. The van der Waals surface area contributed by atoms with E-state index in [9.17, 15) is 4.39 Å². The van der Waals surface area contributed by atoms with E-state index in [1.54, 1.807) is 18.5 Å². The zero-order valence-electron chi connectivity index (χ0n) is 11.8. The molecule has 5 heteroatoms. The largest absolute Gasteiger partial charge is 0.370 e. The Labute approximate surface area is 128 Å². The van der Waals surface area contributed by atoms with Crippen molar-refractivity contribution in [3.63, 3.8) is 0 Å². The number of hydrogen-bond acceptors (Lipinski definition) is 4. The molecule has 3 rings (SSSR count). The van der Waals surface area contributed by atoms with Crippen LogP contribution in [0.25, 0.3) is 0 Å². The van der Waals surface area contributed by atoms with Crippen molar-refractivity contribution in [3.8, 4) is 0 Å². The number of piperidine rings is 1. The van der Waals surface area contributed by atoms with Gasteiger partial charge in [-0.2, -0.15) is 0 Å². The number of rotatable bonds is 4. The molecule has 1 aliphatic heterocycles. The predicted molar refractivity (Wildman–Crippen MR) is 86.2 cm³/mol. The van der Waals surface area contributed by atoms with Crippen molar-refractivity contribution in [1.29, 1.82) is 0 Å². The van der Waals surface area contributed by atoms with Gasteiger partial charge in [0.25, 0.3) is 0 Å². The first kappa shape index (κ1) is 14.2. The van der Waals surface area contributed by atoms with Gasteiger partial charge in [0.2, 0.25) is 0 Å². The van der Waals surface area contributed by atoms with Gasteiger partial charge in [0.05, 0.1) is 11.4 Å². The number of hydrogen-bond donors (Lipinski definition) is 1. The summed E-state index contributed by atoms with van der Waals surface area (Å²) in [5.41, 5.74) is 1.91. The summed E-state index contributed by atoms with van der Waals surface area (Å²) in [6, 6.07) is 8.83. The fourth-order valence-corrected chi connectivity index (χ4v) is 3.17. The summed E-state index contributed by atoms with van der Waals surface area (Å²) in [4.78, 5) is 7.38. The minimum Gasteiger partial charge on any atom is -0.370 e. The maximum Gasteiger partial charge on any atom is 0.125 e. The lowest BCUT2D eigenvalue weighted by molar-refractivity contribution is 0.577. The van der Waals surface area contributed by atoms with Crippen molar-refractivity contribution >= 4 is 23.3 Å². The molecule has 0 spiro atoms.